The van der Waals surface area contributed by atoms with Gasteiger partial charge in [0.05, 0.1) is 0 Å². The van der Waals surface area contributed by atoms with Crippen LogP contribution in [0.5, 0.6) is 0 Å². The van der Waals surface area contributed by atoms with E-state index in [4.69, 9.17) is 8.23 Å². The Bertz CT molecular complexity index is 1110. The molecule has 0 saturated carbocycles. The topological polar surface area (TPSA) is 84.9 Å². The maximum atomic E-state index is 13.2. The average Bonchev–Trinajstić information content (AvgIpc) is 2.82. The molecule has 0 heterocycles. The first-order chi connectivity index (χ1) is 18.1. The van der Waals surface area contributed by atoms with Crippen LogP contribution in [-0.2, 0) is 17.8 Å². The molecule has 2 aromatic rings. The molecule has 2 N–H and O–H groups in total. The van der Waals surface area contributed by atoms with Crippen LogP contribution in [0.1, 0.15) is 30.9 Å². The second-order valence-corrected chi connectivity index (χ2v) is 24.6. The van der Waals surface area contributed by atoms with Gasteiger partial charge in [0.2, 0.25) is 0 Å². The largest absolute Gasteiger partial charge is 0.477 e. The number of carbonyl (C=O) groups is 2. The molecule has 1 amide bonds. The minimum absolute atomic E-state index is 0.224. The van der Waals surface area contributed by atoms with E-state index in [2.05, 4.69) is 51.1 Å². The summed E-state index contributed by atoms with van der Waals surface area (Å²) in [7, 11) is -6.07. The minimum atomic E-state index is -2.43. The van der Waals surface area contributed by atoms with Crippen molar-refractivity contribution in [3.8, 4) is 0 Å². The molecule has 0 atom stereocenters. The SMILES string of the molecule is CCC(C=C(c1ccccc1)c1ccccc1)=C(C(=O)O)C(=O)NCCC[Si](C)(O[Si](C)(C)C)O[Si](C)(C)C. The minimum Gasteiger partial charge on any atom is -0.477 e. The lowest BCUT2D eigenvalue weighted by molar-refractivity contribution is -0.135. The number of benzene rings is 2. The van der Waals surface area contributed by atoms with Gasteiger partial charge >= 0.3 is 14.5 Å². The summed E-state index contributed by atoms with van der Waals surface area (Å²) < 4.78 is 13.1. The number of carboxylic acid groups (broad SMARTS) is 1. The van der Waals surface area contributed by atoms with Crippen LogP contribution in [0, 0.1) is 0 Å². The first-order valence-corrected chi connectivity index (χ1v) is 23.0. The molecule has 9 heteroatoms. The lowest BCUT2D eigenvalue weighted by Crippen LogP contribution is -2.52. The van der Waals surface area contributed by atoms with E-state index in [9.17, 15) is 14.7 Å². The number of amides is 1. The molecule has 6 nitrogen and oxygen atoms in total. The Kier molecular flexibility index (Phi) is 11.9. The molecule has 0 fully saturated rings. The van der Waals surface area contributed by atoms with Gasteiger partial charge in [-0.25, -0.2) is 4.79 Å². The predicted octanol–water partition coefficient (Wildman–Crippen LogP) is 7.19. The van der Waals surface area contributed by atoms with Crippen LogP contribution in [-0.4, -0.2) is 48.7 Å². The lowest BCUT2D eigenvalue weighted by atomic mass is 9.93. The van der Waals surface area contributed by atoms with Crippen molar-refractivity contribution in [2.45, 2.75) is 71.6 Å². The molecule has 0 aromatic heterocycles. The Morgan fingerprint density at radius 1 is 0.821 bits per heavy atom. The maximum absolute atomic E-state index is 13.2. The highest BCUT2D eigenvalue weighted by molar-refractivity contribution is 6.87. The third-order valence-electron chi connectivity index (χ3n) is 5.77. The summed E-state index contributed by atoms with van der Waals surface area (Å²) in [4.78, 5) is 25.5. The summed E-state index contributed by atoms with van der Waals surface area (Å²) in [6, 6.07) is 20.3. The summed E-state index contributed by atoms with van der Waals surface area (Å²) in [5, 5.41) is 12.9. The number of hydrogen-bond acceptors (Lipinski definition) is 4. The third kappa shape index (κ3) is 11.2. The van der Waals surface area contributed by atoms with Crippen molar-refractivity contribution in [3.05, 3.63) is 89.0 Å². The van der Waals surface area contributed by atoms with Crippen molar-refractivity contribution in [2.75, 3.05) is 6.54 Å². The molecule has 0 bridgehead atoms. The Morgan fingerprint density at radius 2 is 1.28 bits per heavy atom. The highest BCUT2D eigenvalue weighted by Gasteiger charge is 2.39. The van der Waals surface area contributed by atoms with Gasteiger partial charge in [0.1, 0.15) is 5.57 Å². The number of carboxylic acids is 1. The summed E-state index contributed by atoms with van der Waals surface area (Å²) >= 11 is 0. The smallest absolute Gasteiger partial charge is 0.341 e. The van der Waals surface area contributed by atoms with Crippen LogP contribution in [0.4, 0.5) is 0 Å². The van der Waals surface area contributed by atoms with E-state index >= 15 is 0 Å². The summed E-state index contributed by atoms with van der Waals surface area (Å²) in [6.07, 6.45) is 2.89. The van der Waals surface area contributed by atoms with Gasteiger partial charge in [-0.15, -0.1) is 0 Å². The van der Waals surface area contributed by atoms with E-state index in [1.807, 2.05) is 73.7 Å². The van der Waals surface area contributed by atoms with Crippen LogP contribution >= 0.6 is 0 Å². The third-order valence-corrected chi connectivity index (χ3v) is 15.4. The fourth-order valence-electron chi connectivity index (χ4n) is 4.59. The molecule has 0 radical (unpaired) electrons. The number of rotatable bonds is 14. The lowest BCUT2D eigenvalue weighted by Gasteiger charge is -2.38. The highest BCUT2D eigenvalue weighted by Crippen LogP contribution is 2.28. The molecule has 0 aliphatic heterocycles. The number of aliphatic carboxylic acids is 1. The van der Waals surface area contributed by atoms with Crippen molar-refractivity contribution < 1.29 is 22.9 Å². The molecule has 212 valence electrons. The molecule has 0 saturated heterocycles. The maximum Gasteiger partial charge on any atom is 0.341 e. The number of allylic oxidation sites excluding steroid dienone is 2. The molecule has 0 unspecified atom stereocenters. The van der Waals surface area contributed by atoms with Gasteiger partial charge in [0.15, 0.2) is 16.6 Å². The van der Waals surface area contributed by atoms with Crippen molar-refractivity contribution in [1.29, 1.82) is 0 Å². The van der Waals surface area contributed by atoms with Crippen LogP contribution in [0.2, 0.25) is 51.9 Å². The zero-order valence-corrected chi connectivity index (χ0v) is 27.8. The van der Waals surface area contributed by atoms with Gasteiger partial charge in [-0.05, 0) is 93.1 Å². The van der Waals surface area contributed by atoms with E-state index < -0.39 is 37.1 Å². The van der Waals surface area contributed by atoms with E-state index in [-0.39, 0.29) is 5.57 Å². The Balaban J connectivity index is 2.30. The second kappa shape index (κ2) is 14.2. The summed E-state index contributed by atoms with van der Waals surface area (Å²) in [5.41, 5.74) is 3.03. The molecule has 2 rings (SSSR count). The van der Waals surface area contributed by atoms with Crippen molar-refractivity contribution in [1.82, 2.24) is 5.32 Å². The molecule has 0 aliphatic rings. The van der Waals surface area contributed by atoms with E-state index in [1.54, 1.807) is 0 Å². The zero-order chi connectivity index (χ0) is 29.3. The monoisotopic (exact) mass is 583 g/mol. The number of carbonyl (C=O) groups excluding carboxylic acids is 1. The molecule has 39 heavy (non-hydrogen) atoms. The van der Waals surface area contributed by atoms with Gasteiger partial charge in [-0.3, -0.25) is 4.79 Å². The van der Waals surface area contributed by atoms with E-state index in [0.29, 0.717) is 25.0 Å². The van der Waals surface area contributed by atoms with Gasteiger partial charge in [0, 0.05) is 6.54 Å². The second-order valence-electron chi connectivity index (χ2n) is 11.8. The van der Waals surface area contributed by atoms with Crippen LogP contribution in [0.25, 0.3) is 5.57 Å². The fourth-order valence-corrected chi connectivity index (χ4v) is 17.1. The van der Waals surface area contributed by atoms with E-state index in [1.165, 1.54) is 0 Å². The molecular weight excluding hydrogens is 539 g/mol. The van der Waals surface area contributed by atoms with Crippen molar-refractivity contribution in [3.63, 3.8) is 0 Å². The predicted molar refractivity (Wildman–Crippen MR) is 168 cm³/mol. The molecule has 0 aliphatic carbocycles. The molecule has 2 aromatic carbocycles. The quantitative estimate of drug-likeness (QED) is 0.0614. The average molecular weight is 584 g/mol. The van der Waals surface area contributed by atoms with Crippen LogP contribution in [0.3, 0.4) is 0 Å². The van der Waals surface area contributed by atoms with Gasteiger partial charge in [0.25, 0.3) is 5.91 Å². The highest BCUT2D eigenvalue weighted by atomic mass is 28.5. The summed E-state index contributed by atoms with van der Waals surface area (Å²) in [6.45, 7) is 17.3. The van der Waals surface area contributed by atoms with Crippen molar-refractivity contribution >= 4 is 42.6 Å². The summed E-state index contributed by atoms with van der Waals surface area (Å²) in [5.74, 6) is -1.80. The van der Waals surface area contributed by atoms with Gasteiger partial charge in [-0.2, -0.15) is 0 Å². The Morgan fingerprint density at radius 3 is 1.67 bits per heavy atom. The first kappa shape index (κ1) is 32.6. The first-order valence-electron chi connectivity index (χ1n) is 13.6. The van der Waals surface area contributed by atoms with Gasteiger partial charge in [-0.1, -0.05) is 67.6 Å². The fraction of sp³-hybridized carbons (Fsp3) is 0.400. The van der Waals surface area contributed by atoms with E-state index in [0.717, 1.165) is 22.7 Å². The van der Waals surface area contributed by atoms with Crippen LogP contribution in [0.15, 0.2) is 77.9 Å². The Labute approximate surface area is 237 Å². The molecular formula is C30H45NO5Si3. The zero-order valence-electron chi connectivity index (χ0n) is 24.8. The normalized spacial score (nSPS) is 12.9. The van der Waals surface area contributed by atoms with Crippen LogP contribution < -0.4 is 5.32 Å². The van der Waals surface area contributed by atoms with Crippen molar-refractivity contribution in [2.24, 2.45) is 0 Å². The number of nitrogens with one attached hydrogen (secondary N) is 1. The van der Waals surface area contributed by atoms with Gasteiger partial charge < -0.3 is 18.7 Å². The molecule has 0 spiro atoms. The Hall–Kier alpha value is -2.57. The standard InChI is InChI=1S/C30H45NO5Si3/c1-9-24(23-27(25-17-12-10-13-18-25)26-19-14-11-15-20-26)28(30(33)34)29(32)31-21-16-22-39(8,35-37(2,3)4)36-38(5,6)7/h10-15,17-20,23H,9,16,21-22H2,1-8H3,(H,31,32)(H,33,34). The number of hydrogen-bond donors (Lipinski definition) is 2.